The third kappa shape index (κ3) is 4.78. The summed E-state index contributed by atoms with van der Waals surface area (Å²) in [6.45, 7) is 4.61. The number of benzene rings is 2. The van der Waals surface area contributed by atoms with Gasteiger partial charge in [-0.25, -0.2) is 0 Å². The maximum absolute atomic E-state index is 11.5. The van der Waals surface area contributed by atoms with Crippen molar-refractivity contribution >= 4 is 11.9 Å². The Morgan fingerprint density at radius 1 is 0.815 bits per heavy atom. The van der Waals surface area contributed by atoms with Gasteiger partial charge >= 0.3 is 11.9 Å². The Hall–Kier alpha value is -3.02. The summed E-state index contributed by atoms with van der Waals surface area (Å²) in [6, 6.07) is 11.0. The van der Waals surface area contributed by atoms with Gasteiger partial charge in [-0.2, -0.15) is 0 Å². The van der Waals surface area contributed by atoms with Crippen LogP contribution in [0.3, 0.4) is 0 Å². The summed E-state index contributed by atoms with van der Waals surface area (Å²) in [4.78, 5) is 22.9. The fraction of sp³-hybridized carbons (Fsp3) is 0.333. The largest absolute Gasteiger partial charge is 0.496 e. The van der Waals surface area contributed by atoms with Crippen LogP contribution in [0.1, 0.15) is 44.2 Å². The molecule has 0 saturated carbocycles. The van der Waals surface area contributed by atoms with Crippen molar-refractivity contribution in [3.63, 3.8) is 0 Å². The van der Waals surface area contributed by atoms with Crippen LogP contribution in [0, 0.1) is 0 Å². The SMILES string of the molecule is CC[C@H](c1ccccc1OC)c1cc(OC(C)=O)c(OC(C)=O)cc1OC. The third-order valence-corrected chi connectivity index (χ3v) is 4.10. The second-order valence-electron chi connectivity index (χ2n) is 5.93. The number of hydrogen-bond donors (Lipinski definition) is 0. The maximum Gasteiger partial charge on any atom is 0.308 e. The highest BCUT2D eigenvalue weighted by Crippen LogP contribution is 2.43. The molecule has 2 rings (SSSR count). The highest BCUT2D eigenvalue weighted by Gasteiger charge is 2.24. The Bertz CT molecular complexity index is 827. The summed E-state index contributed by atoms with van der Waals surface area (Å²) in [6.07, 6.45) is 0.753. The molecule has 0 saturated heterocycles. The number of methoxy groups -OCH3 is 2. The van der Waals surface area contributed by atoms with E-state index < -0.39 is 11.9 Å². The van der Waals surface area contributed by atoms with E-state index in [0.717, 1.165) is 23.3 Å². The minimum atomic E-state index is -0.519. The number of carbonyl (C=O) groups is 2. The van der Waals surface area contributed by atoms with E-state index in [0.29, 0.717) is 5.75 Å². The van der Waals surface area contributed by atoms with Crippen LogP contribution >= 0.6 is 0 Å². The van der Waals surface area contributed by atoms with Gasteiger partial charge in [0.15, 0.2) is 11.5 Å². The first-order valence-corrected chi connectivity index (χ1v) is 8.62. The van der Waals surface area contributed by atoms with E-state index >= 15 is 0 Å². The smallest absolute Gasteiger partial charge is 0.308 e. The van der Waals surface area contributed by atoms with Crippen LogP contribution in [0.2, 0.25) is 0 Å². The summed E-state index contributed by atoms with van der Waals surface area (Å²) in [5, 5.41) is 0. The molecule has 0 amide bonds. The second kappa shape index (κ2) is 9.07. The van der Waals surface area contributed by atoms with Gasteiger partial charge in [-0.05, 0) is 18.6 Å². The molecule has 6 nitrogen and oxygen atoms in total. The molecule has 0 aliphatic heterocycles. The summed E-state index contributed by atoms with van der Waals surface area (Å²) < 4.78 is 21.5. The molecule has 6 heteroatoms. The van der Waals surface area contributed by atoms with Crippen molar-refractivity contribution in [1.82, 2.24) is 0 Å². The highest BCUT2D eigenvalue weighted by atomic mass is 16.6. The molecule has 0 fully saturated rings. The first-order chi connectivity index (χ1) is 12.9. The van der Waals surface area contributed by atoms with E-state index in [9.17, 15) is 9.59 Å². The van der Waals surface area contributed by atoms with Crippen LogP contribution in [0.15, 0.2) is 36.4 Å². The fourth-order valence-electron chi connectivity index (χ4n) is 3.04. The standard InChI is InChI=1S/C21H24O6/c1-6-15(16-9-7-8-10-18(16)24-4)17-11-20(26-13(2)22)21(27-14(3)23)12-19(17)25-5/h7-12,15H,6H2,1-5H3/t15-/m1/s1. The average Bonchev–Trinajstić information content (AvgIpc) is 2.63. The number of ether oxygens (including phenoxy) is 4. The van der Waals surface area contributed by atoms with Gasteiger partial charge in [-0.15, -0.1) is 0 Å². The number of rotatable bonds is 7. The number of para-hydroxylation sites is 1. The van der Waals surface area contributed by atoms with Gasteiger partial charge in [0, 0.05) is 37.0 Å². The van der Waals surface area contributed by atoms with Crippen molar-refractivity contribution in [3.8, 4) is 23.0 Å². The quantitative estimate of drug-likeness (QED) is 0.538. The predicted molar refractivity (Wildman–Crippen MR) is 101 cm³/mol. The van der Waals surface area contributed by atoms with E-state index in [2.05, 4.69) is 0 Å². The molecule has 2 aromatic carbocycles. The van der Waals surface area contributed by atoms with Gasteiger partial charge in [0.05, 0.1) is 14.2 Å². The molecule has 0 spiro atoms. The molecule has 0 unspecified atom stereocenters. The van der Waals surface area contributed by atoms with Crippen LogP contribution < -0.4 is 18.9 Å². The number of hydrogen-bond acceptors (Lipinski definition) is 6. The van der Waals surface area contributed by atoms with Gasteiger partial charge < -0.3 is 18.9 Å². The molecule has 0 heterocycles. The van der Waals surface area contributed by atoms with E-state index in [-0.39, 0.29) is 17.4 Å². The van der Waals surface area contributed by atoms with Crippen molar-refractivity contribution < 1.29 is 28.5 Å². The first kappa shape index (κ1) is 20.3. The van der Waals surface area contributed by atoms with Gasteiger partial charge in [0.1, 0.15) is 11.5 Å². The van der Waals surface area contributed by atoms with Gasteiger partial charge in [-0.1, -0.05) is 25.1 Å². The van der Waals surface area contributed by atoms with Crippen molar-refractivity contribution in [2.75, 3.05) is 14.2 Å². The van der Waals surface area contributed by atoms with Crippen molar-refractivity contribution in [2.24, 2.45) is 0 Å². The summed E-state index contributed by atoms with van der Waals surface area (Å²) in [7, 11) is 3.16. The Kier molecular flexibility index (Phi) is 6.82. The van der Waals surface area contributed by atoms with E-state index in [1.807, 2.05) is 31.2 Å². The Morgan fingerprint density at radius 3 is 1.89 bits per heavy atom. The monoisotopic (exact) mass is 372 g/mol. The molecule has 0 aliphatic rings. The van der Waals surface area contributed by atoms with Gasteiger partial charge in [0.25, 0.3) is 0 Å². The molecule has 0 N–H and O–H groups in total. The van der Waals surface area contributed by atoms with Gasteiger partial charge in [0.2, 0.25) is 0 Å². The molecule has 0 aliphatic carbocycles. The van der Waals surface area contributed by atoms with Gasteiger partial charge in [-0.3, -0.25) is 9.59 Å². The van der Waals surface area contributed by atoms with Crippen LogP contribution in [0.4, 0.5) is 0 Å². The highest BCUT2D eigenvalue weighted by molar-refractivity contribution is 5.74. The lowest BCUT2D eigenvalue weighted by Gasteiger charge is -2.22. The third-order valence-electron chi connectivity index (χ3n) is 4.10. The van der Waals surface area contributed by atoms with Crippen LogP contribution in [-0.2, 0) is 9.59 Å². The molecule has 144 valence electrons. The van der Waals surface area contributed by atoms with E-state index in [1.165, 1.54) is 21.0 Å². The van der Waals surface area contributed by atoms with Crippen LogP contribution in [0.25, 0.3) is 0 Å². The molecule has 0 radical (unpaired) electrons. The van der Waals surface area contributed by atoms with E-state index in [4.69, 9.17) is 18.9 Å². The molecule has 2 aromatic rings. The second-order valence-corrected chi connectivity index (χ2v) is 5.93. The molecular formula is C21H24O6. The Balaban J connectivity index is 2.65. The number of carbonyl (C=O) groups excluding carboxylic acids is 2. The molecular weight excluding hydrogens is 348 g/mol. The molecule has 27 heavy (non-hydrogen) atoms. The predicted octanol–water partition coefficient (Wildman–Crippen LogP) is 4.10. The zero-order valence-corrected chi connectivity index (χ0v) is 16.2. The Labute approximate surface area is 159 Å². The zero-order valence-electron chi connectivity index (χ0n) is 16.2. The van der Waals surface area contributed by atoms with Crippen LogP contribution in [0.5, 0.6) is 23.0 Å². The number of esters is 2. The minimum Gasteiger partial charge on any atom is -0.496 e. The summed E-state index contributed by atoms with van der Waals surface area (Å²) in [5.41, 5.74) is 1.78. The summed E-state index contributed by atoms with van der Waals surface area (Å²) in [5.74, 6) is 0.482. The minimum absolute atomic E-state index is 0.0724. The Morgan fingerprint density at radius 2 is 1.37 bits per heavy atom. The first-order valence-electron chi connectivity index (χ1n) is 8.62. The fourth-order valence-corrected chi connectivity index (χ4v) is 3.04. The summed E-state index contributed by atoms with van der Waals surface area (Å²) >= 11 is 0. The molecule has 1 atom stereocenters. The molecule has 0 aromatic heterocycles. The normalized spacial score (nSPS) is 11.4. The lowest BCUT2D eigenvalue weighted by atomic mass is 9.87. The maximum atomic E-state index is 11.5. The average molecular weight is 372 g/mol. The van der Waals surface area contributed by atoms with E-state index in [1.54, 1.807) is 19.2 Å². The van der Waals surface area contributed by atoms with Crippen molar-refractivity contribution in [2.45, 2.75) is 33.1 Å². The van der Waals surface area contributed by atoms with Crippen molar-refractivity contribution in [3.05, 3.63) is 47.5 Å². The lowest BCUT2D eigenvalue weighted by Crippen LogP contribution is -2.10. The van der Waals surface area contributed by atoms with Crippen LogP contribution in [-0.4, -0.2) is 26.2 Å². The van der Waals surface area contributed by atoms with Crippen molar-refractivity contribution in [1.29, 1.82) is 0 Å². The zero-order chi connectivity index (χ0) is 20.0. The lowest BCUT2D eigenvalue weighted by molar-refractivity contribution is -0.134. The molecule has 0 bridgehead atoms. The topological polar surface area (TPSA) is 71.1 Å².